The number of imidazole rings is 1. The predicted octanol–water partition coefficient (Wildman–Crippen LogP) is 3.98. The normalized spacial score (nSPS) is 18.4. The van der Waals surface area contributed by atoms with Gasteiger partial charge in [-0.25, -0.2) is 13.8 Å². The third-order valence-electron chi connectivity index (χ3n) is 5.66. The number of pyridine rings is 1. The van der Waals surface area contributed by atoms with Crippen molar-refractivity contribution in [2.45, 2.75) is 37.6 Å². The van der Waals surface area contributed by atoms with E-state index in [1.54, 1.807) is 13.3 Å². The molecule has 0 unspecified atom stereocenters. The molecule has 7 nitrogen and oxygen atoms in total. The van der Waals surface area contributed by atoms with Gasteiger partial charge in [0.2, 0.25) is 17.8 Å². The summed E-state index contributed by atoms with van der Waals surface area (Å²) < 4.78 is 34.4. The molecule has 1 aliphatic carbocycles. The fourth-order valence-electron chi connectivity index (χ4n) is 4.08. The number of nitrogens with zero attached hydrogens (tertiary/aromatic N) is 4. The van der Waals surface area contributed by atoms with Gasteiger partial charge in [-0.2, -0.15) is 9.97 Å². The van der Waals surface area contributed by atoms with E-state index >= 15 is 0 Å². The molecule has 0 saturated heterocycles. The lowest BCUT2D eigenvalue weighted by molar-refractivity contribution is -0.0361. The molecule has 4 heterocycles. The molecule has 0 radical (unpaired) electrons. The minimum Gasteiger partial charge on any atom is -0.480 e. The largest absolute Gasteiger partial charge is 0.480 e. The summed E-state index contributed by atoms with van der Waals surface area (Å²) in [6.45, 7) is 0.611. The van der Waals surface area contributed by atoms with Crippen LogP contribution in [0.1, 0.15) is 36.8 Å². The number of methoxy groups -OCH3 is 1. The average Bonchev–Trinajstić information content (AvgIpc) is 3.22. The number of alkyl halides is 2. The van der Waals surface area contributed by atoms with Gasteiger partial charge in [0.15, 0.2) is 0 Å². The molecule has 0 amide bonds. The molecule has 9 heteroatoms. The summed E-state index contributed by atoms with van der Waals surface area (Å²) in [5.74, 6) is -1.08. The van der Waals surface area contributed by atoms with Crippen LogP contribution in [-0.4, -0.2) is 45.0 Å². The second-order valence-corrected chi connectivity index (χ2v) is 7.66. The molecule has 0 aromatic carbocycles. The molecule has 2 N–H and O–H groups in total. The summed E-state index contributed by atoms with van der Waals surface area (Å²) in [5.41, 5.74) is 3.62. The van der Waals surface area contributed by atoms with Crippen LogP contribution in [0, 0.1) is 0 Å². The number of rotatable bonds is 4. The molecule has 0 bridgehead atoms. The molecule has 0 atom stereocenters. The van der Waals surface area contributed by atoms with Gasteiger partial charge in [-0.3, -0.25) is 0 Å². The van der Waals surface area contributed by atoms with E-state index in [0.29, 0.717) is 37.0 Å². The number of aromatic nitrogens is 4. The Bertz CT molecular complexity index is 1120. The first kappa shape index (κ1) is 18.8. The van der Waals surface area contributed by atoms with Gasteiger partial charge < -0.3 is 19.8 Å². The number of nitrogens with one attached hydrogen (secondary N) is 2. The summed E-state index contributed by atoms with van der Waals surface area (Å²) >= 11 is 0. The van der Waals surface area contributed by atoms with E-state index in [0.717, 1.165) is 22.3 Å². The first-order valence-electron chi connectivity index (χ1n) is 10.0. The molecule has 1 aliphatic heterocycles. The Morgan fingerprint density at radius 2 is 2.07 bits per heavy atom. The van der Waals surface area contributed by atoms with Crippen molar-refractivity contribution in [1.29, 1.82) is 0 Å². The number of halogens is 2. The van der Waals surface area contributed by atoms with Crippen LogP contribution in [0.5, 0.6) is 5.88 Å². The number of ether oxygens (including phenoxy) is 1. The van der Waals surface area contributed by atoms with Crippen LogP contribution in [-0.2, 0) is 0 Å². The summed E-state index contributed by atoms with van der Waals surface area (Å²) in [7, 11) is 1.57. The van der Waals surface area contributed by atoms with Gasteiger partial charge in [-0.05, 0) is 36.1 Å². The van der Waals surface area contributed by atoms with Gasteiger partial charge >= 0.3 is 0 Å². The quantitative estimate of drug-likeness (QED) is 0.675. The Morgan fingerprint density at radius 1 is 1.23 bits per heavy atom. The van der Waals surface area contributed by atoms with Crippen molar-refractivity contribution >= 4 is 23.0 Å². The van der Waals surface area contributed by atoms with Gasteiger partial charge in [0.1, 0.15) is 11.5 Å². The van der Waals surface area contributed by atoms with E-state index in [9.17, 15) is 8.78 Å². The predicted molar refractivity (Wildman–Crippen MR) is 110 cm³/mol. The van der Waals surface area contributed by atoms with Crippen molar-refractivity contribution in [2.75, 3.05) is 24.3 Å². The molecule has 1 fully saturated rings. The van der Waals surface area contributed by atoms with E-state index in [-0.39, 0.29) is 18.9 Å². The number of anilines is 2. The zero-order valence-corrected chi connectivity index (χ0v) is 16.5. The van der Waals surface area contributed by atoms with Crippen LogP contribution < -0.4 is 15.4 Å². The third kappa shape index (κ3) is 3.44. The summed E-state index contributed by atoms with van der Waals surface area (Å²) in [6, 6.07) is 3.89. The molecule has 5 rings (SSSR count). The molecule has 2 aliphatic rings. The van der Waals surface area contributed by atoms with Crippen LogP contribution in [0.25, 0.3) is 11.2 Å². The molecular weight excluding hydrogens is 390 g/mol. The topological polar surface area (TPSA) is 76.4 Å². The molecule has 156 valence electrons. The maximum atomic E-state index is 13.4. The second kappa shape index (κ2) is 7.23. The van der Waals surface area contributed by atoms with E-state index in [1.807, 2.05) is 28.9 Å². The standard InChI is InChI=1S/C21H22F2N6O/c1-30-19-17-15(13-2-3-16-24-10-11-29(16)12-13)6-9-25-18(17)27-20(28-19)26-14-4-7-21(22,23)8-5-14/h2-3,6,10-12,14H,4-5,7-9H2,1H3,(H2,25,26,27,28). The highest BCUT2D eigenvalue weighted by molar-refractivity contribution is 5.89. The monoisotopic (exact) mass is 412 g/mol. The Morgan fingerprint density at radius 3 is 2.87 bits per heavy atom. The maximum absolute atomic E-state index is 13.4. The van der Waals surface area contributed by atoms with Gasteiger partial charge in [0.25, 0.3) is 0 Å². The van der Waals surface area contributed by atoms with Gasteiger partial charge in [-0.1, -0.05) is 6.08 Å². The zero-order chi connectivity index (χ0) is 20.7. The van der Waals surface area contributed by atoms with Crippen molar-refractivity contribution in [3.63, 3.8) is 0 Å². The second-order valence-electron chi connectivity index (χ2n) is 7.66. The van der Waals surface area contributed by atoms with E-state index in [4.69, 9.17) is 4.74 Å². The van der Waals surface area contributed by atoms with Crippen molar-refractivity contribution in [3.05, 3.63) is 47.9 Å². The highest BCUT2D eigenvalue weighted by Gasteiger charge is 2.35. The average molecular weight is 412 g/mol. The number of hydrogen-bond donors (Lipinski definition) is 2. The smallest absolute Gasteiger partial charge is 0.248 e. The molecule has 0 spiro atoms. The third-order valence-corrected chi connectivity index (χ3v) is 5.66. The van der Waals surface area contributed by atoms with Gasteiger partial charge in [-0.15, -0.1) is 0 Å². The lowest BCUT2D eigenvalue weighted by atomic mass is 9.92. The SMILES string of the molecule is COc1nc(NC2CCC(F)(F)CC2)nc2c1C(c1ccc3nccn3c1)=CCN2. The van der Waals surface area contributed by atoms with Crippen LogP contribution in [0.3, 0.4) is 0 Å². The lowest BCUT2D eigenvalue weighted by Crippen LogP contribution is -2.32. The van der Waals surface area contributed by atoms with E-state index in [2.05, 4.69) is 31.7 Å². The summed E-state index contributed by atoms with van der Waals surface area (Å²) in [5, 5.41) is 6.48. The zero-order valence-electron chi connectivity index (χ0n) is 16.5. The fourth-order valence-corrected chi connectivity index (χ4v) is 4.08. The molecule has 1 saturated carbocycles. The summed E-state index contributed by atoms with van der Waals surface area (Å²) in [4.78, 5) is 13.4. The Kier molecular flexibility index (Phi) is 4.52. The van der Waals surface area contributed by atoms with E-state index < -0.39 is 5.92 Å². The fraction of sp³-hybridized carbons (Fsp3) is 0.381. The minimum absolute atomic E-state index is 0.0744. The lowest BCUT2D eigenvalue weighted by Gasteiger charge is -2.29. The molecule has 3 aromatic heterocycles. The van der Waals surface area contributed by atoms with Crippen molar-refractivity contribution in [2.24, 2.45) is 0 Å². The molecule has 30 heavy (non-hydrogen) atoms. The van der Waals surface area contributed by atoms with Gasteiger partial charge in [0.05, 0.1) is 12.7 Å². The Hall–Kier alpha value is -3.23. The molecular formula is C21H22F2N6O. The number of hydrogen-bond acceptors (Lipinski definition) is 6. The van der Waals surface area contributed by atoms with Crippen molar-refractivity contribution in [1.82, 2.24) is 19.4 Å². The van der Waals surface area contributed by atoms with Crippen LogP contribution in [0.15, 0.2) is 36.8 Å². The summed E-state index contributed by atoms with van der Waals surface area (Å²) in [6.07, 6.45) is 8.28. The Labute approximate surface area is 172 Å². The highest BCUT2D eigenvalue weighted by atomic mass is 19.3. The minimum atomic E-state index is -2.57. The van der Waals surface area contributed by atoms with Crippen LogP contribution in [0.4, 0.5) is 20.5 Å². The van der Waals surface area contributed by atoms with Crippen LogP contribution in [0.2, 0.25) is 0 Å². The highest BCUT2D eigenvalue weighted by Crippen LogP contribution is 2.39. The molecule has 3 aromatic rings. The first-order chi connectivity index (χ1) is 14.5. The Balaban J connectivity index is 1.46. The van der Waals surface area contributed by atoms with Crippen molar-refractivity contribution < 1.29 is 13.5 Å². The van der Waals surface area contributed by atoms with Gasteiger partial charge in [0, 0.05) is 44.0 Å². The maximum Gasteiger partial charge on any atom is 0.248 e. The van der Waals surface area contributed by atoms with E-state index in [1.165, 1.54) is 0 Å². The number of fused-ring (bicyclic) bond motifs is 2. The van der Waals surface area contributed by atoms with Crippen molar-refractivity contribution in [3.8, 4) is 5.88 Å². The van der Waals surface area contributed by atoms with Crippen LogP contribution >= 0.6 is 0 Å². The first-order valence-corrected chi connectivity index (χ1v) is 10.0.